The maximum atomic E-state index is 12.9. The molecule has 22 rings (SSSR count). The lowest BCUT2D eigenvalue weighted by Crippen LogP contribution is -2.64. The number of methoxy groups -OCH3 is 8. The van der Waals surface area contributed by atoms with Gasteiger partial charge in [0.15, 0.2) is 69.0 Å². The maximum absolute atomic E-state index is 12.9. The van der Waals surface area contributed by atoms with Gasteiger partial charge in [-0.15, -0.1) is 49.6 Å². The summed E-state index contributed by atoms with van der Waals surface area (Å²) >= 11 is 0. The lowest BCUT2D eigenvalue weighted by molar-refractivity contribution is -0.938. The van der Waals surface area contributed by atoms with Crippen LogP contribution in [0.25, 0.3) is 10.8 Å². The number of halogens is 4. The number of aromatic hydroxyl groups is 1. The van der Waals surface area contributed by atoms with Crippen LogP contribution in [-0.2, 0) is 55.5 Å². The molecule has 8 aromatic rings. The van der Waals surface area contributed by atoms with E-state index in [0.29, 0.717) is 118 Å². The fourth-order valence-electron chi connectivity index (χ4n) is 22.8. The topological polar surface area (TPSA) is 279 Å². The molecule has 0 amide bonds. The van der Waals surface area contributed by atoms with Crippen molar-refractivity contribution in [3.8, 4) is 74.7 Å². The Hall–Kier alpha value is -9.39. The number of phenols is 1. The van der Waals surface area contributed by atoms with E-state index >= 15 is 0 Å². The molecule has 14 aliphatic rings. The van der Waals surface area contributed by atoms with E-state index in [1.54, 1.807) is 61.9 Å². The van der Waals surface area contributed by atoms with Crippen molar-refractivity contribution in [3.05, 3.63) is 201 Å². The second kappa shape index (κ2) is 36.4. The van der Waals surface area contributed by atoms with Crippen molar-refractivity contribution in [2.24, 2.45) is 11.8 Å². The Labute approximate surface area is 753 Å². The largest absolute Gasteiger partial charge is 0.504 e. The number of esters is 2. The molecule has 1 unspecified atom stereocenters. The maximum Gasteiger partial charge on any atom is 0.343 e. The second-order valence-corrected chi connectivity index (χ2v) is 34.6. The third-order valence-corrected chi connectivity index (χ3v) is 28.7. The van der Waals surface area contributed by atoms with Gasteiger partial charge < -0.3 is 106 Å². The van der Waals surface area contributed by atoms with Gasteiger partial charge in [-0.1, -0.05) is 78.9 Å². The molecule has 4 aliphatic carbocycles. The highest BCUT2D eigenvalue weighted by Gasteiger charge is 2.71. The molecule has 6 bridgehead atoms. The molecule has 18 atom stereocenters. The van der Waals surface area contributed by atoms with Crippen LogP contribution in [0.1, 0.15) is 110 Å². The smallest absolute Gasteiger partial charge is 0.343 e. The predicted molar refractivity (Wildman–Crippen MR) is 476 cm³/mol. The molecular weight excluding hydrogens is 1690 g/mol. The lowest BCUT2D eigenvalue weighted by atomic mass is 9.53. The van der Waals surface area contributed by atoms with Crippen LogP contribution < -0.4 is 56.8 Å². The van der Waals surface area contributed by atoms with Crippen LogP contribution in [-0.4, -0.2) is 249 Å². The van der Waals surface area contributed by atoms with E-state index in [2.05, 4.69) is 66.1 Å². The molecular formula is C95H112Cl4N5O21+. The summed E-state index contributed by atoms with van der Waals surface area (Å²) in [5.41, 5.74) is 11.0. The van der Waals surface area contributed by atoms with Crippen molar-refractivity contribution >= 4 is 72.3 Å². The molecule has 5 saturated heterocycles. The minimum Gasteiger partial charge on any atom is -0.504 e. The van der Waals surface area contributed by atoms with E-state index in [9.17, 15) is 30.0 Å². The fourth-order valence-corrected chi connectivity index (χ4v) is 22.8. The molecule has 2 spiro atoms. The summed E-state index contributed by atoms with van der Waals surface area (Å²) in [7, 11) is 23.8. The monoisotopic (exact) mass is 1800 g/mol. The number of pyridine rings is 1. The van der Waals surface area contributed by atoms with Crippen LogP contribution in [0.2, 0.25) is 0 Å². The SMILES string of the molecule is CN1CC[C@]23c4c5ccc(O)c4O[C@H]2[C@@H](O)C=C[C@H]3[C@H]1C5.COc1ccc(Cc2nccc3cc(OC)c(OC)cc23)cc1OC.COc1ccc2c(c1OC)C(=O)O[C@@H]2[C@H]1c2c(cc3c(c2OC)OCO3)CCN1C.COc1ccc2c3c1O[C@H]1[C@@H](O)C=C[C@H]4[C@@H](C2)N(C)CC[C@@]341.C[N+]1(C)[C@@H]2CC(OC(=O)[C@H](CO)c3ccccc3)C[C@H]1[C@H]1O[C@H]12.Cl.Cl.Cl.Cl. The summed E-state index contributed by atoms with van der Waals surface area (Å²) in [6.07, 6.45) is 15.8. The summed E-state index contributed by atoms with van der Waals surface area (Å²) in [4.78, 5) is 37.0. The highest BCUT2D eigenvalue weighted by atomic mass is 35.5. The third kappa shape index (κ3) is 15.2. The van der Waals surface area contributed by atoms with E-state index < -0.39 is 30.2 Å². The Bertz CT molecular complexity index is 5400. The predicted octanol–water partition coefficient (Wildman–Crippen LogP) is 12.2. The third-order valence-electron chi connectivity index (χ3n) is 28.7. The second-order valence-electron chi connectivity index (χ2n) is 34.6. The number of aromatic nitrogens is 1. The average molecular weight is 1800 g/mol. The number of likely N-dealkylation sites (tertiary alicyclic amines) is 2. The standard InChI is InChI=1S/C22H23NO7.C20H21NO4.C18H24NO4.C18H21NO3.C17H19NO3.4ClH/c1-23-8-7-11-9-14-20(29-10-28-14)21(27-4)15(11)17(23)18-12-5-6-13(25-2)19(26-3)16(12)22(24)30-18;1-22-17-6-5-13(10-18(17)23-2)9-16-15-12-20(25-4)19(24-3)11-14(15)7-8-21-16;1-19(2)14-8-12(9-15(19)17-16(14)23-17)22-18(21)13(10-20)11-6-4-3-5-7-11;1-19-8-7-18-11-4-5-13(20)17(18)22-16-14(21-2)6-3-10(15(16)18)9-12(11)19;1-18-7-6-17-10-3-5-13(20)16(17)21-15-12(19)4-2-9(14(15)17)8-11(10)18;;;;/h5-6,9,17-18H,7-8,10H2,1-4H3;5-8,10-12H,9H2,1-4H3;3-7,12-17,20H,8-10H2,1-2H3;3-6,11-13,17,20H,7-9H2,1-2H3;2-5,10-11,13,16,19-20H,6-8H2,1H3;4*1H/q;;+1;;;;;;/t17-,18+;;12?,13-,14-,15+,16+,17-;11-,12+,13-,17-,18-;10-,11+,13-,16-,17-;;;;/m1.100..../s1. The number of ether oxygens (including phenoxy) is 15. The highest BCUT2D eigenvalue weighted by molar-refractivity contribution is 5.98. The number of carbonyl (C=O) groups excluding carboxylic acids is 2. The number of quaternary nitrogens is 1. The molecule has 30 heteroatoms. The molecule has 1 aromatic heterocycles. The molecule has 7 aromatic carbocycles. The summed E-state index contributed by atoms with van der Waals surface area (Å²) in [6.45, 7) is 2.80. The van der Waals surface area contributed by atoms with Crippen molar-refractivity contribution < 1.29 is 106 Å². The number of fused-ring (bicyclic) bond motifs is 9. The Balaban J connectivity index is 0.000000127. The minimum atomic E-state index is -0.594. The number of benzene rings is 7. The Morgan fingerprint density at radius 2 is 1.17 bits per heavy atom. The van der Waals surface area contributed by atoms with E-state index in [0.717, 1.165) is 125 Å². The molecule has 0 saturated carbocycles. The number of rotatable bonds is 15. The van der Waals surface area contributed by atoms with Gasteiger partial charge in [0.05, 0.1) is 89.3 Å². The summed E-state index contributed by atoms with van der Waals surface area (Å²) in [6, 6.07) is 36.3. The number of hydrogen-bond donors (Lipinski definition) is 4. The van der Waals surface area contributed by atoms with Crippen molar-refractivity contribution in [2.45, 2.75) is 147 Å². The summed E-state index contributed by atoms with van der Waals surface area (Å²) < 4.78 is 85.7. The Morgan fingerprint density at radius 3 is 1.78 bits per heavy atom. The average Bonchev–Trinajstić information content (AvgIpc) is 1.55. The summed E-state index contributed by atoms with van der Waals surface area (Å²) in [5.74, 6) is 7.55. The van der Waals surface area contributed by atoms with Crippen LogP contribution >= 0.6 is 49.6 Å². The van der Waals surface area contributed by atoms with Gasteiger partial charge >= 0.3 is 11.9 Å². The molecule has 5 fully saturated rings. The van der Waals surface area contributed by atoms with Crippen LogP contribution in [0, 0.1) is 11.8 Å². The Kier molecular flexibility index (Phi) is 26.7. The quantitative estimate of drug-likeness (QED) is 0.0321. The van der Waals surface area contributed by atoms with Crippen molar-refractivity contribution in [3.63, 3.8) is 0 Å². The number of morpholine rings is 1. The molecule has 11 heterocycles. The number of likely N-dealkylation sites (N-methyl/N-ethyl adjacent to an activating group) is 4. The number of aliphatic hydroxyl groups excluding tert-OH is 3. The number of nitrogens with zero attached hydrogens (tertiary/aromatic N) is 5. The molecule has 10 aliphatic heterocycles. The molecule has 670 valence electrons. The first kappa shape index (κ1) is 91.8. The van der Waals surface area contributed by atoms with Crippen molar-refractivity contribution in [1.29, 1.82) is 0 Å². The molecule has 0 radical (unpaired) electrons. The van der Waals surface area contributed by atoms with E-state index in [4.69, 9.17) is 71.1 Å². The van der Waals surface area contributed by atoms with E-state index in [1.165, 1.54) is 29.4 Å². The zero-order valence-electron chi connectivity index (χ0n) is 72.3. The fraction of sp³-hybridized carbons (Fsp3) is 0.463. The first-order chi connectivity index (χ1) is 58.6. The number of hydrogen-bond acceptors (Lipinski definition) is 25. The number of piperidine rings is 3. The number of aliphatic hydroxyl groups is 3. The first-order valence-electron chi connectivity index (χ1n) is 41.8. The van der Waals surface area contributed by atoms with Gasteiger partial charge in [0.2, 0.25) is 12.5 Å². The van der Waals surface area contributed by atoms with Gasteiger partial charge in [0.25, 0.3) is 0 Å². The normalized spacial score (nSPS) is 28.6. The zero-order chi connectivity index (χ0) is 84.4. The Morgan fingerprint density at radius 1 is 0.592 bits per heavy atom. The lowest BCUT2D eigenvalue weighted by Gasteiger charge is -2.56. The van der Waals surface area contributed by atoms with Crippen LogP contribution in [0.15, 0.2) is 140 Å². The van der Waals surface area contributed by atoms with Crippen molar-refractivity contribution in [2.75, 3.05) is 125 Å². The minimum absolute atomic E-state index is 0. The van der Waals surface area contributed by atoms with Crippen LogP contribution in [0.3, 0.4) is 0 Å². The van der Waals surface area contributed by atoms with E-state index in [1.807, 2.05) is 116 Å². The molecule has 4 N–H and O–H groups in total. The van der Waals surface area contributed by atoms with Gasteiger partial charge in [-0.2, -0.15) is 0 Å². The molecule has 125 heavy (non-hydrogen) atoms. The van der Waals surface area contributed by atoms with E-state index in [-0.39, 0.29) is 110 Å². The highest BCUT2D eigenvalue weighted by Crippen LogP contribution is 2.65. The first-order valence-corrected chi connectivity index (χ1v) is 41.8. The number of cyclic esters (lactones) is 1. The zero-order valence-corrected chi connectivity index (χ0v) is 75.6. The van der Waals surface area contributed by atoms with Gasteiger partial charge in [-0.25, -0.2) is 4.79 Å². The molecule has 26 nitrogen and oxygen atoms in total. The van der Waals surface area contributed by atoms with Crippen LogP contribution in [0.5, 0.6) is 74.7 Å². The van der Waals surface area contributed by atoms with Gasteiger partial charge in [0, 0.05) is 94.4 Å². The number of epoxide rings is 1. The van der Waals surface area contributed by atoms with Gasteiger partial charge in [-0.3, -0.25) is 14.7 Å². The van der Waals surface area contributed by atoms with Gasteiger partial charge in [-0.05, 0) is 154 Å². The number of carbonyl (C=O) groups is 2. The van der Waals surface area contributed by atoms with Crippen LogP contribution in [0.4, 0.5) is 0 Å². The van der Waals surface area contributed by atoms with Gasteiger partial charge in [0.1, 0.15) is 72.4 Å². The number of phenolic OH excluding ortho intramolecular Hbond substituents is 1. The van der Waals surface area contributed by atoms with Crippen molar-refractivity contribution in [1.82, 2.24) is 19.7 Å². The summed E-state index contributed by atoms with van der Waals surface area (Å²) in [5, 5.41) is 42.9.